The van der Waals surface area contributed by atoms with E-state index < -0.39 is 12.2 Å². The molecular weight excluding hydrogens is 652 g/mol. The fourth-order valence-corrected chi connectivity index (χ4v) is 5.98. The molecule has 0 aromatic heterocycles. The summed E-state index contributed by atoms with van der Waals surface area (Å²) in [6.07, 6.45) is 0.164. The average Bonchev–Trinajstić information content (AvgIpc) is 3.44. The first kappa shape index (κ1) is 27.4. The summed E-state index contributed by atoms with van der Waals surface area (Å²) in [7, 11) is 3.20. The molecule has 0 radical (unpaired) electrons. The second kappa shape index (κ2) is 11.2. The van der Waals surface area contributed by atoms with Crippen LogP contribution < -0.4 is 18.9 Å². The lowest BCUT2D eigenvalue weighted by Gasteiger charge is -2.38. The summed E-state index contributed by atoms with van der Waals surface area (Å²) in [5, 5.41) is 7.05. The molecule has 2 aliphatic rings. The molecule has 4 aromatic rings. The number of esters is 1. The Hall–Kier alpha value is -3.82. The molecule has 0 spiro atoms. The van der Waals surface area contributed by atoms with E-state index in [1.54, 1.807) is 26.4 Å². The van der Waals surface area contributed by atoms with Crippen LogP contribution in [0.4, 0.5) is 0 Å². The molecule has 0 fully saturated rings. The number of benzene rings is 4. The monoisotopic (exact) mass is 676 g/mol. The molecule has 0 saturated heterocycles. The van der Waals surface area contributed by atoms with Crippen LogP contribution in [0, 0.1) is 6.92 Å². The van der Waals surface area contributed by atoms with E-state index >= 15 is 0 Å². The quantitative estimate of drug-likeness (QED) is 0.152. The SMILES string of the molecule is COc1ccc(C2=NN3[C@H](C2)c2cc(Br)ccc2O[C@H]3c2cc(Br)c(OC(=O)c3ccc(C)cc3)c(OC)c2)cc1. The topological polar surface area (TPSA) is 69.6 Å². The van der Waals surface area contributed by atoms with E-state index in [1.165, 1.54) is 0 Å². The summed E-state index contributed by atoms with van der Waals surface area (Å²) < 4.78 is 24.9. The fourth-order valence-electron chi connectivity index (χ4n) is 5.06. The van der Waals surface area contributed by atoms with Crippen molar-refractivity contribution >= 4 is 43.5 Å². The molecule has 0 saturated carbocycles. The third-order valence-electron chi connectivity index (χ3n) is 7.19. The third-order valence-corrected chi connectivity index (χ3v) is 8.28. The predicted molar refractivity (Wildman–Crippen MR) is 163 cm³/mol. The number of rotatable bonds is 6. The van der Waals surface area contributed by atoms with Gasteiger partial charge < -0.3 is 18.9 Å². The second-order valence-electron chi connectivity index (χ2n) is 9.82. The highest BCUT2D eigenvalue weighted by atomic mass is 79.9. The van der Waals surface area contributed by atoms with E-state index in [4.69, 9.17) is 24.0 Å². The smallest absolute Gasteiger partial charge is 0.343 e. The van der Waals surface area contributed by atoms with Crippen LogP contribution in [0.1, 0.15) is 51.3 Å². The molecule has 0 aliphatic carbocycles. The highest BCUT2D eigenvalue weighted by Crippen LogP contribution is 2.50. The van der Waals surface area contributed by atoms with Gasteiger partial charge in [-0.25, -0.2) is 9.80 Å². The molecule has 9 heteroatoms. The fraction of sp³-hybridized carbons (Fsp3) is 0.188. The van der Waals surface area contributed by atoms with Gasteiger partial charge in [0.15, 0.2) is 11.5 Å². The van der Waals surface area contributed by atoms with Gasteiger partial charge in [0.2, 0.25) is 6.23 Å². The van der Waals surface area contributed by atoms with Crippen molar-refractivity contribution in [3.63, 3.8) is 0 Å². The van der Waals surface area contributed by atoms with E-state index in [9.17, 15) is 4.79 Å². The van der Waals surface area contributed by atoms with E-state index in [-0.39, 0.29) is 6.04 Å². The molecule has 0 amide bonds. The molecule has 2 heterocycles. The molecule has 2 aliphatic heterocycles. The Kier molecular flexibility index (Phi) is 7.48. The number of fused-ring (bicyclic) bond motifs is 3. The van der Waals surface area contributed by atoms with E-state index in [0.717, 1.165) is 43.9 Å². The van der Waals surface area contributed by atoms with Crippen LogP contribution >= 0.6 is 31.9 Å². The maximum Gasteiger partial charge on any atom is 0.343 e. The zero-order chi connectivity index (χ0) is 28.7. The predicted octanol–water partition coefficient (Wildman–Crippen LogP) is 8.00. The van der Waals surface area contributed by atoms with Gasteiger partial charge in [0.25, 0.3) is 0 Å². The maximum absolute atomic E-state index is 12.9. The Balaban J connectivity index is 1.37. The van der Waals surface area contributed by atoms with Crippen LogP contribution in [0.3, 0.4) is 0 Å². The minimum Gasteiger partial charge on any atom is -0.497 e. The van der Waals surface area contributed by atoms with Crippen LogP contribution in [-0.2, 0) is 0 Å². The van der Waals surface area contributed by atoms with Gasteiger partial charge >= 0.3 is 5.97 Å². The van der Waals surface area contributed by atoms with Gasteiger partial charge in [-0.15, -0.1) is 0 Å². The maximum atomic E-state index is 12.9. The molecule has 4 aromatic carbocycles. The Morgan fingerprint density at radius 2 is 1.71 bits per heavy atom. The van der Waals surface area contributed by atoms with E-state index in [1.807, 2.05) is 72.6 Å². The molecular formula is C32H26Br2N2O5. The number of carbonyl (C=O) groups excluding carboxylic acids is 1. The van der Waals surface area contributed by atoms with E-state index in [2.05, 4.69) is 37.9 Å². The number of hydrazone groups is 1. The van der Waals surface area contributed by atoms with Crippen molar-refractivity contribution in [3.8, 4) is 23.0 Å². The first-order chi connectivity index (χ1) is 19.8. The number of hydrogen-bond acceptors (Lipinski definition) is 7. The Labute approximate surface area is 254 Å². The second-order valence-corrected chi connectivity index (χ2v) is 11.6. The number of nitrogens with zero attached hydrogens (tertiary/aromatic N) is 2. The minimum atomic E-state index is -0.545. The standard InChI is InChI=1S/C32H26Br2N2O5/c1-18-4-6-20(7-5-18)32(37)41-30-25(34)14-21(15-29(30)39-3)31-36-27(24-16-22(33)10-13-28(24)40-31)17-26(35-36)19-8-11-23(38-2)12-9-19/h4-16,27,31H,17H2,1-3H3/t27-,31+/m1/s1. The molecule has 0 unspecified atom stereocenters. The summed E-state index contributed by atoms with van der Waals surface area (Å²) in [5.74, 6) is 1.80. The third kappa shape index (κ3) is 5.31. The molecule has 7 nitrogen and oxygen atoms in total. The van der Waals surface area contributed by atoms with Gasteiger partial charge in [0, 0.05) is 22.0 Å². The van der Waals surface area contributed by atoms with Crippen LogP contribution in [0.2, 0.25) is 0 Å². The highest BCUT2D eigenvalue weighted by molar-refractivity contribution is 9.10. The molecule has 2 atom stereocenters. The lowest BCUT2D eigenvalue weighted by Crippen LogP contribution is -2.33. The Morgan fingerprint density at radius 3 is 2.41 bits per heavy atom. The zero-order valence-electron chi connectivity index (χ0n) is 22.6. The first-order valence-electron chi connectivity index (χ1n) is 13.0. The lowest BCUT2D eigenvalue weighted by atomic mass is 9.96. The summed E-state index contributed by atoms with van der Waals surface area (Å²) in [6.45, 7) is 1.97. The van der Waals surface area contributed by atoms with E-state index in [0.29, 0.717) is 28.0 Å². The van der Waals surface area contributed by atoms with Gasteiger partial charge in [0.1, 0.15) is 11.5 Å². The summed E-state index contributed by atoms with van der Waals surface area (Å²) in [5.41, 5.74) is 5.33. The van der Waals surface area contributed by atoms with Crippen molar-refractivity contribution in [1.29, 1.82) is 0 Å². The van der Waals surface area contributed by atoms with Gasteiger partial charge in [-0.2, -0.15) is 5.10 Å². The molecule has 41 heavy (non-hydrogen) atoms. The average molecular weight is 678 g/mol. The number of halogens is 2. The molecule has 0 bridgehead atoms. The van der Waals surface area contributed by atoms with Gasteiger partial charge in [-0.3, -0.25) is 0 Å². The van der Waals surface area contributed by atoms with Gasteiger partial charge in [-0.05, 0) is 95.1 Å². The van der Waals surface area contributed by atoms with Gasteiger partial charge in [-0.1, -0.05) is 33.6 Å². The summed E-state index contributed by atoms with van der Waals surface area (Å²) in [6, 6.07) is 24.8. The highest BCUT2D eigenvalue weighted by Gasteiger charge is 2.41. The number of carbonyl (C=O) groups is 1. The molecule has 208 valence electrons. The minimum absolute atomic E-state index is 0.0397. The number of aryl methyl sites for hydroxylation is 1. The molecule has 6 rings (SSSR count). The van der Waals surface area contributed by atoms with Crippen molar-refractivity contribution in [2.45, 2.75) is 25.6 Å². The van der Waals surface area contributed by atoms with Crippen LogP contribution in [0.5, 0.6) is 23.0 Å². The number of hydrogen-bond donors (Lipinski definition) is 0. The Morgan fingerprint density at radius 1 is 0.951 bits per heavy atom. The summed E-state index contributed by atoms with van der Waals surface area (Å²) >= 11 is 7.22. The van der Waals surface area contributed by atoms with Crippen LogP contribution in [-0.4, -0.2) is 30.9 Å². The van der Waals surface area contributed by atoms with Crippen molar-refractivity contribution in [3.05, 3.63) is 116 Å². The lowest BCUT2D eigenvalue weighted by molar-refractivity contribution is -0.0192. The van der Waals surface area contributed by atoms with Crippen LogP contribution in [0.15, 0.2) is 92.9 Å². The van der Waals surface area contributed by atoms with Crippen molar-refractivity contribution in [1.82, 2.24) is 5.01 Å². The number of ether oxygens (including phenoxy) is 4. The summed E-state index contributed by atoms with van der Waals surface area (Å²) in [4.78, 5) is 12.9. The zero-order valence-corrected chi connectivity index (χ0v) is 25.7. The van der Waals surface area contributed by atoms with Crippen molar-refractivity contribution < 1.29 is 23.7 Å². The van der Waals surface area contributed by atoms with Gasteiger partial charge in [0.05, 0.1) is 36.0 Å². The number of methoxy groups -OCH3 is 2. The van der Waals surface area contributed by atoms with Crippen molar-refractivity contribution in [2.24, 2.45) is 5.10 Å². The van der Waals surface area contributed by atoms with Crippen LogP contribution in [0.25, 0.3) is 0 Å². The largest absolute Gasteiger partial charge is 0.497 e. The Bertz CT molecular complexity index is 1650. The first-order valence-corrected chi connectivity index (χ1v) is 14.6. The molecule has 0 N–H and O–H groups in total. The van der Waals surface area contributed by atoms with Crippen molar-refractivity contribution in [2.75, 3.05) is 14.2 Å². The normalized spacial score (nSPS) is 17.2.